The number of carbonyl (C=O) groups excluding carboxylic acids is 1. The summed E-state index contributed by atoms with van der Waals surface area (Å²) in [6.45, 7) is 2.27. The van der Waals surface area contributed by atoms with E-state index in [0.29, 0.717) is 25.2 Å². The number of methoxy groups -OCH3 is 2. The molecular weight excluding hydrogens is 495 g/mol. The number of likely N-dealkylation sites (N-methyl/N-ethyl adjacent to an activating group) is 1. The summed E-state index contributed by atoms with van der Waals surface area (Å²) in [4.78, 5) is 17.1. The number of ether oxygens (including phenoxy) is 2. The van der Waals surface area contributed by atoms with E-state index in [4.69, 9.17) is 14.6 Å². The van der Waals surface area contributed by atoms with Crippen molar-refractivity contribution in [2.45, 2.75) is 32.5 Å². The van der Waals surface area contributed by atoms with Crippen LogP contribution in [0.25, 0.3) is 5.69 Å². The van der Waals surface area contributed by atoms with E-state index >= 15 is 0 Å². The van der Waals surface area contributed by atoms with E-state index in [2.05, 4.69) is 4.90 Å². The Balaban J connectivity index is 1.42. The third-order valence-corrected chi connectivity index (χ3v) is 7.21. The number of amides is 1. The smallest absolute Gasteiger partial charge is 0.227 e. The van der Waals surface area contributed by atoms with Crippen LogP contribution in [-0.2, 0) is 37.3 Å². The van der Waals surface area contributed by atoms with E-state index in [0.717, 1.165) is 52.7 Å². The number of carbonyl (C=O) groups is 1. The average Bonchev–Trinajstić information content (AvgIpc) is 3.31. The first-order valence-electron chi connectivity index (χ1n) is 13.0. The lowest BCUT2D eigenvalue weighted by Crippen LogP contribution is -2.32. The van der Waals surface area contributed by atoms with Gasteiger partial charge in [-0.15, -0.1) is 0 Å². The lowest BCUT2D eigenvalue weighted by atomic mass is 10.0. The molecule has 7 nitrogen and oxygen atoms in total. The molecule has 0 bridgehead atoms. The van der Waals surface area contributed by atoms with Gasteiger partial charge in [0.05, 0.1) is 38.6 Å². The lowest BCUT2D eigenvalue weighted by molar-refractivity contribution is -0.129. The quantitative estimate of drug-likeness (QED) is 0.313. The van der Waals surface area contributed by atoms with Gasteiger partial charge in [-0.05, 0) is 35.9 Å². The zero-order chi connectivity index (χ0) is 27.4. The molecule has 0 unspecified atom stereocenters. The standard InChI is InChI=1S/C31H33FN4O3/c1-34(31(37)18-22-12-14-24(38-2)15-13-22)21-27-25-20-35(19-23-8-4-5-9-26(23)32)17-16-28(25)36(33-27)29-10-6-7-11-30(29)39-3/h4-15H,16-21H2,1-3H3. The summed E-state index contributed by atoms with van der Waals surface area (Å²) >= 11 is 0. The molecule has 0 saturated heterocycles. The minimum absolute atomic E-state index is 0.000203. The highest BCUT2D eigenvalue weighted by atomic mass is 19.1. The highest BCUT2D eigenvalue weighted by molar-refractivity contribution is 5.78. The first kappa shape index (κ1) is 26.4. The third-order valence-electron chi connectivity index (χ3n) is 7.21. The van der Waals surface area contributed by atoms with Gasteiger partial charge in [-0.1, -0.05) is 42.5 Å². The van der Waals surface area contributed by atoms with Gasteiger partial charge in [0.1, 0.15) is 23.0 Å². The number of hydrogen-bond donors (Lipinski definition) is 0. The number of rotatable bonds is 9. The Hall–Kier alpha value is -4.17. The molecule has 8 heteroatoms. The number of benzene rings is 3. The molecule has 0 N–H and O–H groups in total. The Morgan fingerprint density at radius 1 is 1.00 bits per heavy atom. The second-order valence-corrected chi connectivity index (χ2v) is 9.78. The summed E-state index contributed by atoms with van der Waals surface area (Å²) in [5, 5.41) is 5.01. The van der Waals surface area contributed by atoms with E-state index in [1.165, 1.54) is 6.07 Å². The van der Waals surface area contributed by atoms with Crippen molar-refractivity contribution in [1.29, 1.82) is 0 Å². The summed E-state index contributed by atoms with van der Waals surface area (Å²) in [5.41, 5.74) is 5.46. The number of halogens is 1. The van der Waals surface area contributed by atoms with Crippen molar-refractivity contribution in [2.75, 3.05) is 27.8 Å². The molecule has 0 fully saturated rings. The van der Waals surface area contributed by atoms with E-state index in [9.17, 15) is 9.18 Å². The van der Waals surface area contributed by atoms with Gasteiger partial charge in [0, 0.05) is 44.2 Å². The summed E-state index contributed by atoms with van der Waals surface area (Å²) in [5.74, 6) is 1.29. The van der Waals surface area contributed by atoms with Crippen molar-refractivity contribution in [3.8, 4) is 17.2 Å². The fourth-order valence-electron chi connectivity index (χ4n) is 5.04. The topological polar surface area (TPSA) is 59.8 Å². The van der Waals surface area contributed by atoms with Crippen molar-refractivity contribution < 1.29 is 18.7 Å². The Morgan fingerprint density at radius 3 is 2.49 bits per heavy atom. The second kappa shape index (κ2) is 11.7. The van der Waals surface area contributed by atoms with Gasteiger partial charge in [-0.3, -0.25) is 9.69 Å². The Morgan fingerprint density at radius 2 is 1.74 bits per heavy atom. The van der Waals surface area contributed by atoms with Crippen LogP contribution in [0, 0.1) is 5.82 Å². The molecule has 1 aliphatic rings. The first-order valence-corrected chi connectivity index (χ1v) is 13.0. The predicted octanol–water partition coefficient (Wildman–Crippen LogP) is 4.79. The van der Waals surface area contributed by atoms with Gasteiger partial charge >= 0.3 is 0 Å². The van der Waals surface area contributed by atoms with Crippen LogP contribution in [0.2, 0.25) is 0 Å². The number of hydrogen-bond acceptors (Lipinski definition) is 5. The first-order chi connectivity index (χ1) is 19.0. The van der Waals surface area contributed by atoms with Crippen LogP contribution < -0.4 is 9.47 Å². The molecule has 4 aromatic rings. The average molecular weight is 529 g/mol. The summed E-state index contributed by atoms with van der Waals surface area (Å²) in [6.07, 6.45) is 1.04. The van der Waals surface area contributed by atoms with Gasteiger partial charge in [0.15, 0.2) is 0 Å². The van der Waals surface area contributed by atoms with Crippen LogP contribution in [0.1, 0.15) is 28.1 Å². The molecular formula is C31H33FN4O3. The maximum atomic E-state index is 14.4. The van der Waals surface area contributed by atoms with Crippen molar-refractivity contribution >= 4 is 5.91 Å². The Labute approximate surface area is 228 Å². The molecule has 3 aromatic carbocycles. The van der Waals surface area contributed by atoms with Crippen LogP contribution in [0.4, 0.5) is 4.39 Å². The zero-order valence-electron chi connectivity index (χ0n) is 22.6. The van der Waals surface area contributed by atoms with Crippen molar-refractivity contribution in [3.63, 3.8) is 0 Å². The lowest BCUT2D eigenvalue weighted by Gasteiger charge is -2.28. The van der Waals surface area contributed by atoms with Crippen LogP contribution in [-0.4, -0.2) is 53.3 Å². The number of aromatic nitrogens is 2. The van der Waals surface area contributed by atoms with E-state index < -0.39 is 0 Å². The summed E-state index contributed by atoms with van der Waals surface area (Å²) < 4.78 is 27.2. The second-order valence-electron chi connectivity index (χ2n) is 9.78. The summed E-state index contributed by atoms with van der Waals surface area (Å²) in [7, 11) is 5.08. The highest BCUT2D eigenvalue weighted by Gasteiger charge is 2.28. The zero-order valence-corrected chi connectivity index (χ0v) is 22.6. The number of fused-ring (bicyclic) bond motifs is 1. The van der Waals surface area contributed by atoms with Crippen LogP contribution >= 0.6 is 0 Å². The minimum Gasteiger partial charge on any atom is -0.497 e. The molecule has 202 valence electrons. The van der Waals surface area contributed by atoms with Gasteiger partial charge in [-0.2, -0.15) is 5.10 Å². The van der Waals surface area contributed by atoms with Crippen molar-refractivity contribution in [1.82, 2.24) is 19.6 Å². The van der Waals surface area contributed by atoms with Gasteiger partial charge in [0.2, 0.25) is 5.91 Å². The fourth-order valence-corrected chi connectivity index (χ4v) is 5.04. The fraction of sp³-hybridized carbons (Fsp3) is 0.290. The highest BCUT2D eigenvalue weighted by Crippen LogP contribution is 2.31. The largest absolute Gasteiger partial charge is 0.497 e. The molecule has 0 radical (unpaired) electrons. The molecule has 1 aliphatic heterocycles. The molecule has 0 saturated carbocycles. The SMILES string of the molecule is COc1ccc(CC(=O)N(C)Cc2nn(-c3ccccc3OC)c3c2CN(Cc2ccccc2F)CC3)cc1. The minimum atomic E-state index is -0.197. The number of nitrogens with zero attached hydrogens (tertiary/aromatic N) is 4. The predicted molar refractivity (Wildman–Crippen MR) is 148 cm³/mol. The van der Waals surface area contributed by atoms with Crippen LogP contribution in [0.5, 0.6) is 11.5 Å². The Kier molecular flexibility index (Phi) is 7.93. The molecule has 0 aliphatic carbocycles. The monoisotopic (exact) mass is 528 g/mol. The van der Waals surface area contributed by atoms with Gasteiger partial charge in [0.25, 0.3) is 0 Å². The maximum absolute atomic E-state index is 14.4. The molecule has 0 spiro atoms. The van der Waals surface area contributed by atoms with E-state index in [-0.39, 0.29) is 18.1 Å². The van der Waals surface area contributed by atoms with E-state index in [1.54, 1.807) is 32.2 Å². The van der Waals surface area contributed by atoms with Gasteiger partial charge < -0.3 is 14.4 Å². The van der Waals surface area contributed by atoms with Crippen LogP contribution in [0.3, 0.4) is 0 Å². The van der Waals surface area contributed by atoms with Crippen LogP contribution in [0.15, 0.2) is 72.8 Å². The molecule has 1 aromatic heterocycles. The molecule has 1 amide bonds. The van der Waals surface area contributed by atoms with Crippen molar-refractivity contribution in [3.05, 3.63) is 107 Å². The molecule has 39 heavy (non-hydrogen) atoms. The number of para-hydroxylation sites is 2. The molecule has 2 heterocycles. The van der Waals surface area contributed by atoms with Crippen molar-refractivity contribution in [2.24, 2.45) is 0 Å². The molecule has 5 rings (SSSR count). The summed E-state index contributed by atoms with van der Waals surface area (Å²) in [6, 6.07) is 22.2. The third kappa shape index (κ3) is 5.81. The van der Waals surface area contributed by atoms with E-state index in [1.807, 2.05) is 65.3 Å². The normalized spacial score (nSPS) is 13.1. The van der Waals surface area contributed by atoms with Gasteiger partial charge in [-0.25, -0.2) is 9.07 Å². The molecule has 0 atom stereocenters. The Bertz CT molecular complexity index is 1450. The maximum Gasteiger partial charge on any atom is 0.227 e.